The summed E-state index contributed by atoms with van der Waals surface area (Å²) in [5.74, 6) is 0.650. The Kier molecular flexibility index (Phi) is 16.3. The van der Waals surface area contributed by atoms with Crippen LogP contribution in [0.25, 0.3) is 0 Å². The van der Waals surface area contributed by atoms with E-state index >= 15 is 0 Å². The fourth-order valence-corrected chi connectivity index (χ4v) is 4.18. The lowest BCUT2D eigenvalue weighted by molar-refractivity contribution is -0.121. The van der Waals surface area contributed by atoms with Crippen molar-refractivity contribution in [1.29, 1.82) is 0 Å². The minimum atomic E-state index is -0.435. The van der Waals surface area contributed by atoms with Crippen LogP contribution in [-0.2, 0) is 4.79 Å². The SMILES string of the molecule is CCCCCCCCCCCCCCCC(=O)NN=Cc1ccc(OC(=O)c2ccc(OCC)cc2)cc1. The molecule has 0 aliphatic heterocycles. The molecule has 0 spiro atoms. The Hall–Kier alpha value is -3.15. The topological polar surface area (TPSA) is 77.0 Å². The minimum Gasteiger partial charge on any atom is -0.494 e. The molecule has 0 saturated heterocycles. The molecule has 38 heavy (non-hydrogen) atoms. The summed E-state index contributed by atoms with van der Waals surface area (Å²) in [7, 11) is 0. The predicted octanol–water partition coefficient (Wildman–Crippen LogP) is 8.24. The van der Waals surface area contributed by atoms with E-state index in [4.69, 9.17) is 9.47 Å². The zero-order valence-corrected chi connectivity index (χ0v) is 23.4. The van der Waals surface area contributed by atoms with Crippen LogP contribution in [0, 0.1) is 0 Å². The van der Waals surface area contributed by atoms with Crippen LogP contribution >= 0.6 is 0 Å². The van der Waals surface area contributed by atoms with Crippen molar-refractivity contribution in [2.24, 2.45) is 5.10 Å². The predicted molar refractivity (Wildman–Crippen MR) is 155 cm³/mol. The average Bonchev–Trinajstić information content (AvgIpc) is 2.93. The Balaban J connectivity index is 1.53. The largest absolute Gasteiger partial charge is 0.494 e. The Bertz CT molecular complexity index is 939. The van der Waals surface area contributed by atoms with Crippen molar-refractivity contribution < 1.29 is 19.1 Å². The third kappa shape index (κ3) is 14.0. The molecule has 0 aromatic heterocycles. The van der Waals surface area contributed by atoms with Gasteiger partial charge in [-0.1, -0.05) is 84.0 Å². The molecule has 2 rings (SSSR count). The van der Waals surface area contributed by atoms with Gasteiger partial charge in [-0.05, 0) is 67.4 Å². The van der Waals surface area contributed by atoms with Gasteiger partial charge in [0.25, 0.3) is 0 Å². The van der Waals surface area contributed by atoms with Gasteiger partial charge < -0.3 is 9.47 Å². The molecule has 1 amide bonds. The maximum atomic E-state index is 12.3. The Morgan fingerprint density at radius 2 is 1.24 bits per heavy atom. The van der Waals surface area contributed by atoms with E-state index in [0.29, 0.717) is 30.1 Å². The lowest BCUT2D eigenvalue weighted by Crippen LogP contribution is -2.16. The lowest BCUT2D eigenvalue weighted by atomic mass is 10.0. The summed E-state index contributed by atoms with van der Waals surface area (Å²) in [4.78, 5) is 24.3. The van der Waals surface area contributed by atoms with Crippen LogP contribution in [0.3, 0.4) is 0 Å². The van der Waals surface area contributed by atoms with E-state index < -0.39 is 5.97 Å². The van der Waals surface area contributed by atoms with Crippen LogP contribution in [0.2, 0.25) is 0 Å². The first-order chi connectivity index (χ1) is 18.6. The highest BCUT2D eigenvalue weighted by Gasteiger charge is 2.09. The fourth-order valence-electron chi connectivity index (χ4n) is 4.18. The number of carbonyl (C=O) groups excluding carboxylic acids is 2. The zero-order valence-electron chi connectivity index (χ0n) is 23.4. The van der Waals surface area contributed by atoms with Gasteiger partial charge in [-0.15, -0.1) is 0 Å². The molecule has 0 atom stereocenters. The van der Waals surface area contributed by atoms with E-state index in [9.17, 15) is 9.59 Å². The second-order valence-corrected chi connectivity index (χ2v) is 9.70. The summed E-state index contributed by atoms with van der Waals surface area (Å²) in [5.41, 5.74) is 3.84. The molecule has 0 aliphatic rings. The van der Waals surface area contributed by atoms with Gasteiger partial charge in [0.2, 0.25) is 5.91 Å². The molecular formula is C32H46N2O4. The number of hydrogen-bond donors (Lipinski definition) is 1. The van der Waals surface area contributed by atoms with Crippen LogP contribution in [0.5, 0.6) is 11.5 Å². The molecule has 6 heteroatoms. The van der Waals surface area contributed by atoms with Crippen molar-refractivity contribution in [3.05, 3.63) is 59.7 Å². The molecule has 2 aromatic carbocycles. The van der Waals surface area contributed by atoms with Gasteiger partial charge in [0.05, 0.1) is 18.4 Å². The van der Waals surface area contributed by atoms with Crippen molar-refractivity contribution in [3.8, 4) is 11.5 Å². The smallest absolute Gasteiger partial charge is 0.343 e. The summed E-state index contributed by atoms with van der Waals surface area (Å²) in [6.07, 6.45) is 18.8. The van der Waals surface area contributed by atoms with E-state index in [2.05, 4.69) is 17.5 Å². The maximum Gasteiger partial charge on any atom is 0.343 e. The van der Waals surface area contributed by atoms with Crippen molar-refractivity contribution in [2.45, 2.75) is 104 Å². The number of ether oxygens (including phenoxy) is 2. The molecule has 0 unspecified atom stereocenters. The average molecular weight is 523 g/mol. The number of hydrazone groups is 1. The van der Waals surface area contributed by atoms with Gasteiger partial charge in [-0.2, -0.15) is 5.10 Å². The molecule has 1 N–H and O–H groups in total. The lowest BCUT2D eigenvalue weighted by Gasteiger charge is -2.06. The number of unbranched alkanes of at least 4 members (excludes halogenated alkanes) is 12. The van der Waals surface area contributed by atoms with Crippen molar-refractivity contribution in [2.75, 3.05) is 6.61 Å². The number of nitrogens with one attached hydrogen (secondary N) is 1. The Labute approximate surface area is 229 Å². The fraction of sp³-hybridized carbons (Fsp3) is 0.531. The van der Waals surface area contributed by atoms with Crippen LogP contribution in [0.1, 0.15) is 120 Å². The molecule has 0 heterocycles. The van der Waals surface area contributed by atoms with E-state index in [-0.39, 0.29) is 5.91 Å². The summed E-state index contributed by atoms with van der Waals surface area (Å²) in [6, 6.07) is 13.8. The first-order valence-corrected chi connectivity index (χ1v) is 14.5. The molecule has 0 fully saturated rings. The van der Waals surface area contributed by atoms with Crippen molar-refractivity contribution >= 4 is 18.1 Å². The molecule has 0 saturated carbocycles. The quantitative estimate of drug-likeness (QED) is 0.0624. The third-order valence-corrected chi connectivity index (χ3v) is 6.40. The summed E-state index contributed by atoms with van der Waals surface area (Å²) >= 11 is 0. The third-order valence-electron chi connectivity index (χ3n) is 6.40. The van der Waals surface area contributed by atoms with Crippen LogP contribution in [0.4, 0.5) is 0 Å². The first kappa shape index (κ1) is 31.1. The highest BCUT2D eigenvalue weighted by Crippen LogP contribution is 2.17. The molecule has 0 bridgehead atoms. The number of nitrogens with zero attached hydrogens (tertiary/aromatic N) is 1. The van der Waals surface area contributed by atoms with Gasteiger partial charge in [0, 0.05) is 6.42 Å². The number of esters is 1. The molecule has 6 nitrogen and oxygen atoms in total. The van der Waals surface area contributed by atoms with E-state index in [1.807, 2.05) is 6.92 Å². The standard InChI is InChI=1S/C32H46N2O4/c1-3-5-6-7-8-9-10-11-12-13-14-15-16-17-31(35)34-33-26-27-18-22-30(23-19-27)38-32(36)28-20-24-29(25-21-28)37-4-2/h18-26H,3-17H2,1-2H3,(H,34,35). The number of carbonyl (C=O) groups is 2. The highest BCUT2D eigenvalue weighted by atomic mass is 16.5. The zero-order chi connectivity index (χ0) is 27.3. The Morgan fingerprint density at radius 1 is 0.711 bits per heavy atom. The Morgan fingerprint density at radius 3 is 1.79 bits per heavy atom. The number of amides is 1. The minimum absolute atomic E-state index is 0.0646. The van der Waals surface area contributed by atoms with Crippen LogP contribution in [-0.4, -0.2) is 24.7 Å². The summed E-state index contributed by atoms with van der Waals surface area (Å²) in [6.45, 7) is 4.74. The molecule has 2 aromatic rings. The number of benzene rings is 2. The monoisotopic (exact) mass is 522 g/mol. The van der Waals surface area contributed by atoms with Crippen LogP contribution < -0.4 is 14.9 Å². The second kappa shape index (κ2) is 19.9. The summed E-state index contributed by atoms with van der Waals surface area (Å²) < 4.78 is 10.8. The second-order valence-electron chi connectivity index (χ2n) is 9.70. The van der Waals surface area contributed by atoms with Gasteiger partial charge in [-0.3, -0.25) is 4.79 Å². The molecule has 208 valence electrons. The van der Waals surface area contributed by atoms with E-state index in [0.717, 1.165) is 18.4 Å². The number of hydrogen-bond acceptors (Lipinski definition) is 5. The van der Waals surface area contributed by atoms with Gasteiger partial charge >= 0.3 is 5.97 Å². The maximum absolute atomic E-state index is 12.3. The molecule has 0 aliphatic carbocycles. The van der Waals surface area contributed by atoms with Crippen molar-refractivity contribution in [3.63, 3.8) is 0 Å². The van der Waals surface area contributed by atoms with E-state index in [1.54, 1.807) is 54.7 Å². The van der Waals surface area contributed by atoms with Gasteiger partial charge in [0.1, 0.15) is 11.5 Å². The van der Waals surface area contributed by atoms with Gasteiger partial charge in [0.15, 0.2) is 0 Å². The summed E-state index contributed by atoms with van der Waals surface area (Å²) in [5, 5.41) is 4.04. The normalized spacial score (nSPS) is 11.0. The molecular weight excluding hydrogens is 476 g/mol. The first-order valence-electron chi connectivity index (χ1n) is 14.5. The number of rotatable bonds is 20. The highest BCUT2D eigenvalue weighted by molar-refractivity contribution is 5.91. The molecule has 0 radical (unpaired) electrons. The van der Waals surface area contributed by atoms with Gasteiger partial charge in [-0.25, -0.2) is 10.2 Å². The van der Waals surface area contributed by atoms with E-state index in [1.165, 1.54) is 70.6 Å². The van der Waals surface area contributed by atoms with Crippen molar-refractivity contribution in [1.82, 2.24) is 5.43 Å². The van der Waals surface area contributed by atoms with Crippen LogP contribution in [0.15, 0.2) is 53.6 Å².